The van der Waals surface area contributed by atoms with Crippen LogP contribution in [0.5, 0.6) is 11.6 Å². The highest BCUT2D eigenvalue weighted by Gasteiger charge is 2.23. The molecule has 0 bridgehead atoms. The Morgan fingerprint density at radius 1 is 1.07 bits per heavy atom. The summed E-state index contributed by atoms with van der Waals surface area (Å²) in [5.41, 5.74) is 0.0348. The molecule has 2 aromatic rings. The van der Waals surface area contributed by atoms with E-state index < -0.39 is 24.0 Å². The topological polar surface area (TPSA) is 120 Å². The Labute approximate surface area is 156 Å². The van der Waals surface area contributed by atoms with Crippen LogP contribution in [0.2, 0.25) is 0 Å². The molecule has 0 aliphatic rings. The Bertz CT molecular complexity index is 810. The predicted molar refractivity (Wildman–Crippen MR) is 95.2 cm³/mol. The summed E-state index contributed by atoms with van der Waals surface area (Å²) in [5, 5.41) is 4.60. The monoisotopic (exact) mass is 372 g/mol. The van der Waals surface area contributed by atoms with Crippen LogP contribution >= 0.6 is 0 Å². The van der Waals surface area contributed by atoms with Gasteiger partial charge in [-0.1, -0.05) is 0 Å². The number of imide groups is 1. The summed E-state index contributed by atoms with van der Waals surface area (Å²) in [7, 11) is 0. The van der Waals surface area contributed by atoms with Crippen molar-refractivity contribution in [3.05, 3.63) is 48.4 Å². The van der Waals surface area contributed by atoms with Gasteiger partial charge in [-0.05, 0) is 45.0 Å². The van der Waals surface area contributed by atoms with Crippen molar-refractivity contribution in [2.24, 2.45) is 0 Å². The number of rotatable bonds is 6. The number of carbonyl (C=O) groups is 3. The van der Waals surface area contributed by atoms with Crippen molar-refractivity contribution >= 4 is 17.9 Å². The molecule has 142 valence electrons. The molecule has 0 saturated carbocycles. The van der Waals surface area contributed by atoms with Crippen molar-refractivity contribution in [2.45, 2.75) is 32.9 Å². The third kappa shape index (κ3) is 6.07. The normalized spacial score (nSPS) is 11.4. The first kappa shape index (κ1) is 19.8. The van der Waals surface area contributed by atoms with E-state index in [1.165, 1.54) is 31.5 Å². The molecule has 2 N–H and O–H groups in total. The van der Waals surface area contributed by atoms with Crippen LogP contribution in [0.25, 0.3) is 0 Å². The third-order valence-corrected chi connectivity index (χ3v) is 3.15. The Kier molecular flexibility index (Phi) is 6.81. The van der Waals surface area contributed by atoms with E-state index in [1.54, 1.807) is 32.2 Å². The fourth-order valence-corrected chi connectivity index (χ4v) is 1.94. The average molecular weight is 372 g/mol. The fraction of sp³-hybridized carbons (Fsp3) is 0.278. The van der Waals surface area contributed by atoms with Crippen molar-refractivity contribution in [2.75, 3.05) is 0 Å². The van der Waals surface area contributed by atoms with Crippen LogP contribution in [0.15, 0.2) is 42.9 Å². The zero-order chi connectivity index (χ0) is 19.8. The number of carbonyl (C=O) groups excluding carboxylic acids is 3. The summed E-state index contributed by atoms with van der Waals surface area (Å²) in [6.45, 7) is 4.85. The second kappa shape index (κ2) is 9.27. The van der Waals surface area contributed by atoms with Crippen LogP contribution in [0, 0.1) is 0 Å². The molecule has 0 aliphatic carbocycles. The molecule has 3 amide bonds. The maximum absolute atomic E-state index is 12.4. The van der Waals surface area contributed by atoms with Gasteiger partial charge in [-0.25, -0.2) is 14.6 Å². The van der Waals surface area contributed by atoms with Crippen molar-refractivity contribution in [1.29, 1.82) is 0 Å². The largest absolute Gasteiger partial charge is 0.449 e. The van der Waals surface area contributed by atoms with Crippen molar-refractivity contribution in [3.63, 3.8) is 0 Å². The van der Waals surface area contributed by atoms with E-state index in [1.807, 2.05) is 0 Å². The number of nitrogens with one attached hydrogen (secondary N) is 2. The Morgan fingerprint density at radius 3 is 2.48 bits per heavy atom. The van der Waals surface area contributed by atoms with Crippen LogP contribution < -0.4 is 15.4 Å². The zero-order valence-corrected chi connectivity index (χ0v) is 15.1. The molecule has 0 aliphatic heterocycles. The minimum Gasteiger partial charge on any atom is -0.449 e. The molecule has 2 heterocycles. The van der Waals surface area contributed by atoms with Crippen LogP contribution in [0.1, 0.15) is 31.1 Å². The first-order valence-corrected chi connectivity index (χ1v) is 8.22. The van der Waals surface area contributed by atoms with Crippen LogP contribution in [-0.4, -0.2) is 40.0 Å². The second-order valence-electron chi connectivity index (χ2n) is 5.81. The first-order chi connectivity index (χ1) is 12.9. The highest BCUT2D eigenvalue weighted by atomic mass is 16.6. The van der Waals surface area contributed by atoms with E-state index in [0.717, 1.165) is 0 Å². The van der Waals surface area contributed by atoms with Gasteiger partial charge >= 0.3 is 12.0 Å². The maximum Gasteiger partial charge on any atom is 0.344 e. The number of hydrogen-bond donors (Lipinski definition) is 2. The van der Waals surface area contributed by atoms with Gasteiger partial charge in [0.2, 0.25) is 5.88 Å². The van der Waals surface area contributed by atoms with Gasteiger partial charge in [0.15, 0.2) is 6.10 Å². The molecular weight excluding hydrogens is 352 g/mol. The number of urea groups is 1. The number of hydrogen-bond acceptors (Lipinski definition) is 7. The van der Waals surface area contributed by atoms with E-state index in [2.05, 4.69) is 20.6 Å². The Morgan fingerprint density at radius 2 is 1.81 bits per heavy atom. The summed E-state index contributed by atoms with van der Waals surface area (Å²) >= 11 is 0. The van der Waals surface area contributed by atoms with Gasteiger partial charge in [0.05, 0.1) is 6.20 Å². The highest BCUT2D eigenvalue weighted by Crippen LogP contribution is 2.22. The van der Waals surface area contributed by atoms with E-state index in [-0.39, 0.29) is 17.5 Å². The third-order valence-electron chi connectivity index (χ3n) is 3.15. The molecule has 0 spiro atoms. The molecule has 2 rings (SSSR count). The maximum atomic E-state index is 12.4. The van der Waals surface area contributed by atoms with Gasteiger partial charge in [-0.3, -0.25) is 15.1 Å². The smallest absolute Gasteiger partial charge is 0.344 e. The van der Waals surface area contributed by atoms with Gasteiger partial charge in [0, 0.05) is 18.4 Å². The lowest BCUT2D eigenvalue weighted by atomic mass is 10.2. The average Bonchev–Trinajstić information content (AvgIpc) is 2.62. The van der Waals surface area contributed by atoms with Gasteiger partial charge in [0.25, 0.3) is 5.91 Å². The molecule has 1 atom stereocenters. The van der Waals surface area contributed by atoms with Crippen LogP contribution in [-0.2, 0) is 9.53 Å². The van der Waals surface area contributed by atoms with Crippen LogP contribution in [0.3, 0.4) is 0 Å². The van der Waals surface area contributed by atoms with Gasteiger partial charge < -0.3 is 14.8 Å². The molecule has 9 nitrogen and oxygen atoms in total. The van der Waals surface area contributed by atoms with E-state index >= 15 is 0 Å². The predicted octanol–water partition coefficient (Wildman–Crippen LogP) is 2.05. The van der Waals surface area contributed by atoms with Gasteiger partial charge in [-0.15, -0.1) is 0 Å². The number of nitrogens with zero attached hydrogens (tertiary/aromatic N) is 2. The number of amides is 3. The standard InChI is InChI=1S/C18H20N4O5/c1-11(2)21-18(25)22-15(23)12(3)26-17(24)14-7-5-9-20-16(14)27-13-6-4-8-19-10-13/h4-12H,1-3H3,(H2,21,22,23,25). The number of esters is 1. The molecule has 0 saturated heterocycles. The SMILES string of the molecule is CC(C)NC(=O)NC(=O)C(C)OC(=O)c1cccnc1Oc1cccnc1. The number of ether oxygens (including phenoxy) is 2. The second-order valence-corrected chi connectivity index (χ2v) is 5.81. The molecule has 2 aromatic heterocycles. The van der Waals surface area contributed by atoms with Crippen molar-refractivity contribution < 1.29 is 23.9 Å². The number of aromatic nitrogens is 2. The zero-order valence-electron chi connectivity index (χ0n) is 15.1. The minimum atomic E-state index is -1.19. The Hall–Kier alpha value is -3.49. The summed E-state index contributed by atoms with van der Waals surface area (Å²) in [4.78, 5) is 43.9. The van der Waals surface area contributed by atoms with Crippen molar-refractivity contribution in [1.82, 2.24) is 20.6 Å². The van der Waals surface area contributed by atoms with Gasteiger partial charge in [-0.2, -0.15) is 0 Å². The van der Waals surface area contributed by atoms with E-state index in [4.69, 9.17) is 9.47 Å². The number of pyridine rings is 2. The lowest BCUT2D eigenvalue weighted by Gasteiger charge is -2.15. The minimum absolute atomic E-state index is 0.0145. The molecule has 1 unspecified atom stereocenters. The first-order valence-electron chi connectivity index (χ1n) is 8.22. The van der Waals surface area contributed by atoms with Gasteiger partial charge in [0.1, 0.15) is 11.3 Å². The molecule has 9 heteroatoms. The van der Waals surface area contributed by atoms with Crippen molar-refractivity contribution in [3.8, 4) is 11.6 Å². The van der Waals surface area contributed by atoms with E-state index in [9.17, 15) is 14.4 Å². The quantitative estimate of drug-likeness (QED) is 0.745. The van der Waals surface area contributed by atoms with Crippen LogP contribution in [0.4, 0.5) is 4.79 Å². The summed E-state index contributed by atoms with van der Waals surface area (Å²) in [5.74, 6) is -1.16. The Balaban J connectivity index is 2.03. The summed E-state index contributed by atoms with van der Waals surface area (Å²) in [6.07, 6.45) is 3.31. The molecule has 27 heavy (non-hydrogen) atoms. The lowest BCUT2D eigenvalue weighted by Crippen LogP contribution is -2.46. The molecule has 0 aromatic carbocycles. The molecular formula is C18H20N4O5. The molecule has 0 radical (unpaired) electrons. The molecule has 0 fully saturated rings. The summed E-state index contributed by atoms with van der Waals surface area (Å²) in [6, 6.07) is 5.51. The van der Waals surface area contributed by atoms with E-state index in [0.29, 0.717) is 5.75 Å². The highest BCUT2D eigenvalue weighted by molar-refractivity contribution is 5.99. The fourth-order valence-electron chi connectivity index (χ4n) is 1.94. The lowest BCUT2D eigenvalue weighted by molar-refractivity contribution is -0.127. The summed E-state index contributed by atoms with van der Waals surface area (Å²) < 4.78 is 10.7.